The van der Waals surface area contributed by atoms with Crippen LogP contribution < -0.4 is 29.4 Å². The van der Waals surface area contributed by atoms with Gasteiger partial charge in [0.05, 0.1) is 90.8 Å². The van der Waals surface area contributed by atoms with Crippen LogP contribution in [0.1, 0.15) is 91.2 Å². The van der Waals surface area contributed by atoms with Gasteiger partial charge in [0.1, 0.15) is 34.7 Å². The first kappa shape index (κ1) is 82.5. The highest BCUT2D eigenvalue weighted by Crippen LogP contribution is 2.52. The summed E-state index contributed by atoms with van der Waals surface area (Å²) in [5, 5.41) is 18.8. The number of methoxy groups -OCH3 is 7. The van der Waals surface area contributed by atoms with Crippen LogP contribution in [0.2, 0.25) is 0 Å². The summed E-state index contributed by atoms with van der Waals surface area (Å²) in [5.41, 5.74) is 4.65. The summed E-state index contributed by atoms with van der Waals surface area (Å²) in [4.78, 5) is 0. The number of anilines is 3. The molecule has 3 atom stereocenters. The highest BCUT2D eigenvalue weighted by Gasteiger charge is 2.58. The van der Waals surface area contributed by atoms with E-state index in [9.17, 15) is 69.9 Å². The van der Waals surface area contributed by atoms with Crippen molar-refractivity contribution in [3.05, 3.63) is 169 Å². The van der Waals surface area contributed by atoms with Gasteiger partial charge in [0, 0.05) is 104 Å². The molecular formula is C64H72ClF9I3N3O15S3. The van der Waals surface area contributed by atoms with E-state index in [0.717, 1.165) is 12.1 Å². The number of nitrogen functional groups attached to an aromatic ring is 1. The molecule has 3 aliphatic rings. The van der Waals surface area contributed by atoms with Crippen LogP contribution in [0.25, 0.3) is 0 Å². The first-order valence-corrected chi connectivity index (χ1v) is 38.0. The first-order valence-electron chi connectivity index (χ1n) is 29.5. The minimum Gasteiger partial charge on any atom is -0.494 e. The lowest BCUT2D eigenvalue weighted by atomic mass is 10.0. The maximum atomic E-state index is 14.9. The fourth-order valence-corrected chi connectivity index (χ4v) is 17.0. The molecule has 0 bridgehead atoms. The van der Waals surface area contributed by atoms with Gasteiger partial charge in [-0.05, 0) is 179 Å². The number of benzene rings is 6. The molecule has 0 spiro atoms. The third kappa shape index (κ3) is 20.5. The smallest absolute Gasteiger partial charge is 0.238 e. The van der Waals surface area contributed by atoms with Gasteiger partial charge in [0.2, 0.25) is 29.1 Å². The van der Waals surface area contributed by atoms with Crippen molar-refractivity contribution >= 4 is 125 Å². The third-order valence-electron chi connectivity index (χ3n) is 16.6. The summed E-state index contributed by atoms with van der Waals surface area (Å²) in [7, 11) is 3.37. The average molecular weight is 1810 g/mol. The van der Waals surface area contributed by atoms with E-state index in [1.165, 1.54) is 71.9 Å². The van der Waals surface area contributed by atoms with Crippen LogP contribution >= 0.6 is 78.5 Å². The first-order chi connectivity index (χ1) is 46.0. The van der Waals surface area contributed by atoms with Gasteiger partial charge >= 0.3 is 0 Å². The SMILES string of the molecule is COC[C@H](CC1(S(=O)(=O)Cl)CC1)OC.COC[C@H](CC1(S(=O)(=O)Nc2c(OC)cc(F)c(F)c2Cc2ccc(I)cc2F)CC1)OC.COc1cc(F)c(F)c(Cc2ccc(I)cc2F)c1N.COc1cc(F)c(F)c(Cc2ccc(I)cc2F)c1NS(=O)(=O)C1(C[C@H](O)CO)CC1. The molecule has 3 aliphatic carbocycles. The highest BCUT2D eigenvalue weighted by atomic mass is 127. The molecule has 6 N–H and O–H groups in total. The predicted octanol–water partition coefficient (Wildman–Crippen LogP) is 13.0. The number of halogens is 13. The van der Waals surface area contributed by atoms with Crippen LogP contribution in [-0.2, 0) is 67.3 Å². The molecule has 98 heavy (non-hydrogen) atoms. The molecule has 18 nitrogen and oxygen atoms in total. The molecule has 0 aliphatic heterocycles. The Kier molecular flexibility index (Phi) is 29.6. The zero-order chi connectivity index (χ0) is 73.0. The molecule has 3 saturated carbocycles. The number of aliphatic hydroxyl groups excluding tert-OH is 2. The summed E-state index contributed by atoms with van der Waals surface area (Å²) in [6.07, 6.45) is -0.0147. The maximum Gasteiger partial charge on any atom is 0.238 e. The Labute approximate surface area is 608 Å². The van der Waals surface area contributed by atoms with Gasteiger partial charge in [-0.3, -0.25) is 9.44 Å². The van der Waals surface area contributed by atoms with Crippen LogP contribution in [0.3, 0.4) is 0 Å². The van der Waals surface area contributed by atoms with Crippen LogP contribution in [0.15, 0.2) is 72.8 Å². The zero-order valence-electron chi connectivity index (χ0n) is 53.7. The second-order valence-electron chi connectivity index (χ2n) is 23.2. The molecule has 0 amide bonds. The van der Waals surface area contributed by atoms with Gasteiger partial charge in [-0.25, -0.2) is 64.8 Å². The lowest BCUT2D eigenvalue weighted by Crippen LogP contribution is -2.35. The Morgan fingerprint density at radius 3 is 1.10 bits per heavy atom. The number of rotatable bonds is 29. The van der Waals surface area contributed by atoms with Crippen molar-refractivity contribution in [3.8, 4) is 17.2 Å². The molecule has 9 rings (SSSR count). The van der Waals surface area contributed by atoms with Crippen molar-refractivity contribution in [1.82, 2.24) is 0 Å². The van der Waals surface area contributed by atoms with Crippen LogP contribution in [0, 0.1) is 63.1 Å². The summed E-state index contributed by atoms with van der Waals surface area (Å²) in [6.45, 7) is -0.00659. The molecule has 6 aromatic rings. The fraction of sp³-hybridized carbons (Fsp3) is 0.438. The van der Waals surface area contributed by atoms with E-state index in [1.807, 2.05) is 67.8 Å². The van der Waals surface area contributed by atoms with Crippen LogP contribution in [0.4, 0.5) is 56.6 Å². The standard InChI is InChI=1S/C22H25F3INO5S.C20H21F3INO5S.C14H11F3INO.C8H15ClO4S/c1-30-12-15(31-2)11-22(6-7-22)33(28,29)27-21-16(20(25)18(24)10-19(21)32-3)8-13-4-5-14(26)9-17(13)23;1-30-17-8-16(22)18(23)14(6-11-2-3-12(24)7-15(11)21)19(17)25-31(28,29)20(4-5-20)9-13(27)10-26;1-20-12-6-11(16)13(17)9(14(12)19)4-7-2-3-8(18)5-10(7)15;1-12-6-7(13-2)5-8(3-4-8)14(9,10)11/h4-5,9-10,15,27H,6-8,11-12H2,1-3H3;2-3,7-8,13,25-27H,4-6,9-10H2,1H3;2-3,5-6H,4,19H2,1H3;7H,3-6H2,1-2H3/t15-;13-;;7-/m00.0/s1. The largest absolute Gasteiger partial charge is 0.494 e. The van der Waals surface area contributed by atoms with E-state index in [-0.39, 0.29) is 113 Å². The van der Waals surface area contributed by atoms with Crippen LogP contribution in [-0.4, -0.2) is 138 Å². The second kappa shape index (κ2) is 35.2. The van der Waals surface area contributed by atoms with E-state index in [4.69, 9.17) is 54.7 Å². The van der Waals surface area contributed by atoms with E-state index in [1.54, 1.807) is 32.4 Å². The third-order valence-corrected chi connectivity index (χ3v) is 25.6. The van der Waals surface area contributed by atoms with Crippen molar-refractivity contribution < 1.29 is 108 Å². The predicted molar refractivity (Wildman–Crippen MR) is 377 cm³/mol. The highest BCUT2D eigenvalue weighted by molar-refractivity contribution is 14.1. The fourth-order valence-electron chi connectivity index (χ4n) is 10.5. The van der Waals surface area contributed by atoms with Crippen molar-refractivity contribution in [2.45, 2.75) is 110 Å². The maximum absolute atomic E-state index is 14.9. The summed E-state index contributed by atoms with van der Waals surface area (Å²) in [5.74, 6) is -9.41. The van der Waals surface area contributed by atoms with E-state index < -0.39 is 126 Å². The minimum atomic E-state index is -4.19. The minimum absolute atomic E-state index is 0.0237. The zero-order valence-corrected chi connectivity index (χ0v) is 63.4. The number of hydrogen-bond acceptors (Lipinski definition) is 16. The van der Waals surface area contributed by atoms with Gasteiger partial charge in [-0.15, -0.1) is 0 Å². The number of aliphatic hydroxyl groups is 2. The quantitative estimate of drug-likeness (QED) is 0.0127. The van der Waals surface area contributed by atoms with E-state index >= 15 is 0 Å². The number of ether oxygens (including phenoxy) is 7. The number of sulfonamides is 2. The Hall–Kier alpha value is -4.42. The van der Waals surface area contributed by atoms with Crippen molar-refractivity contribution in [2.75, 3.05) is 84.8 Å². The lowest BCUT2D eigenvalue weighted by molar-refractivity contribution is 0.0218. The number of hydrogen-bond donors (Lipinski definition) is 5. The molecule has 0 aromatic heterocycles. The Balaban J connectivity index is 0.000000216. The molecule has 542 valence electrons. The lowest BCUT2D eigenvalue weighted by Gasteiger charge is -2.24. The average Bonchev–Trinajstić information content (AvgIpc) is 1.55. The topological polar surface area (TPSA) is 258 Å². The Morgan fingerprint density at radius 1 is 0.490 bits per heavy atom. The van der Waals surface area contributed by atoms with Gasteiger partial charge in [-0.1, -0.05) is 18.2 Å². The summed E-state index contributed by atoms with van der Waals surface area (Å²) in [6, 6.07) is 15.4. The number of nitrogens with one attached hydrogen (secondary N) is 2. The van der Waals surface area contributed by atoms with Gasteiger partial charge in [-0.2, -0.15) is 0 Å². The second-order valence-corrected chi connectivity index (χ2v) is 34.1. The van der Waals surface area contributed by atoms with Crippen LogP contribution in [0.5, 0.6) is 17.2 Å². The molecule has 0 radical (unpaired) electrons. The van der Waals surface area contributed by atoms with Crippen molar-refractivity contribution in [3.63, 3.8) is 0 Å². The van der Waals surface area contributed by atoms with Gasteiger partial charge in [0.25, 0.3) is 0 Å². The molecule has 6 aromatic carbocycles. The summed E-state index contributed by atoms with van der Waals surface area (Å²) < 4.78 is 242. The molecule has 3 fully saturated rings. The normalized spacial score (nSPS) is 15.7. The molecule has 0 unspecified atom stereocenters. The molecule has 0 heterocycles. The number of nitrogens with two attached hydrogens (primary N) is 1. The van der Waals surface area contributed by atoms with Gasteiger partial charge in [0.15, 0.2) is 34.9 Å². The van der Waals surface area contributed by atoms with E-state index in [2.05, 4.69) is 9.44 Å². The van der Waals surface area contributed by atoms with E-state index in [0.29, 0.717) is 55.5 Å². The molecule has 0 saturated heterocycles. The molecular weight excluding hydrogens is 1730 g/mol. The molecule has 34 heteroatoms. The van der Waals surface area contributed by atoms with Crippen molar-refractivity contribution in [2.24, 2.45) is 0 Å². The monoisotopic (exact) mass is 1810 g/mol. The summed E-state index contributed by atoms with van der Waals surface area (Å²) >= 11 is 5.80. The van der Waals surface area contributed by atoms with Gasteiger partial charge < -0.3 is 49.1 Å². The van der Waals surface area contributed by atoms with Crippen molar-refractivity contribution in [1.29, 1.82) is 0 Å². The Bertz CT molecular complexity index is 4170. The Morgan fingerprint density at radius 2 is 0.806 bits per heavy atom.